The molecule has 1 N–H and O–H groups in total. The molecule has 0 bridgehead atoms. The fraction of sp³-hybridized carbons (Fsp3) is 0.350. The lowest BCUT2D eigenvalue weighted by molar-refractivity contribution is -0.123. The lowest BCUT2D eigenvalue weighted by atomic mass is 10.1. The van der Waals surface area contributed by atoms with E-state index in [1.54, 1.807) is 25.1 Å². The Morgan fingerprint density at radius 3 is 2.48 bits per heavy atom. The van der Waals surface area contributed by atoms with E-state index in [-0.39, 0.29) is 18.9 Å². The predicted molar refractivity (Wildman–Crippen MR) is 97.4 cm³/mol. The summed E-state index contributed by atoms with van der Waals surface area (Å²) in [5.41, 5.74) is 3.20. The van der Waals surface area contributed by atoms with Crippen LogP contribution < -0.4 is 14.5 Å². The van der Waals surface area contributed by atoms with Crippen LogP contribution in [0.1, 0.15) is 37.0 Å². The largest absolute Gasteiger partial charge is 0.493 e. The van der Waals surface area contributed by atoms with Gasteiger partial charge in [-0.15, -0.1) is 0 Å². The molecule has 2 rings (SSSR count). The van der Waals surface area contributed by atoms with Gasteiger partial charge < -0.3 is 9.47 Å². The van der Waals surface area contributed by atoms with Crippen LogP contribution >= 0.6 is 0 Å². The maximum absolute atomic E-state index is 11.9. The highest BCUT2D eigenvalue weighted by Crippen LogP contribution is 2.31. The molecule has 2 aromatic carbocycles. The number of hydroxylamine groups is 1. The molecule has 0 spiro atoms. The smallest absolute Gasteiger partial charge is 0.250 e. The molecule has 0 atom stereocenters. The van der Waals surface area contributed by atoms with Crippen molar-refractivity contribution in [2.45, 2.75) is 40.7 Å². The standard InChI is InChI=1S/C20H25NO4/c1-5-20(22)21(23)17-8-7-9-19(24-6-2)16(17)13-25-18-11-10-14(3)12-15(18)4/h7-12,23H,5-6,13H2,1-4H3. The summed E-state index contributed by atoms with van der Waals surface area (Å²) in [5.74, 6) is 0.961. The van der Waals surface area contributed by atoms with Crippen LogP contribution in [0.4, 0.5) is 5.69 Å². The first kappa shape index (κ1) is 18.8. The molecule has 0 aliphatic rings. The van der Waals surface area contributed by atoms with Crippen molar-refractivity contribution in [3.63, 3.8) is 0 Å². The maximum Gasteiger partial charge on any atom is 0.250 e. The summed E-state index contributed by atoms with van der Waals surface area (Å²) in [4.78, 5) is 11.9. The van der Waals surface area contributed by atoms with Crippen LogP contribution in [-0.2, 0) is 11.4 Å². The Morgan fingerprint density at radius 1 is 1.08 bits per heavy atom. The van der Waals surface area contributed by atoms with Crippen LogP contribution in [0.2, 0.25) is 0 Å². The number of rotatable bonds is 7. The van der Waals surface area contributed by atoms with E-state index >= 15 is 0 Å². The number of hydrogen-bond donors (Lipinski definition) is 1. The van der Waals surface area contributed by atoms with Gasteiger partial charge in [0.15, 0.2) is 0 Å². The van der Waals surface area contributed by atoms with Gasteiger partial charge in [-0.25, -0.2) is 0 Å². The van der Waals surface area contributed by atoms with Crippen LogP contribution in [0, 0.1) is 13.8 Å². The quantitative estimate of drug-likeness (QED) is 0.597. The normalized spacial score (nSPS) is 10.4. The van der Waals surface area contributed by atoms with E-state index in [1.165, 1.54) is 0 Å². The fourth-order valence-electron chi connectivity index (χ4n) is 2.58. The van der Waals surface area contributed by atoms with E-state index in [0.29, 0.717) is 28.7 Å². The minimum atomic E-state index is -0.388. The topological polar surface area (TPSA) is 59.0 Å². The molecule has 2 aromatic rings. The maximum atomic E-state index is 11.9. The van der Waals surface area contributed by atoms with Crippen LogP contribution in [0.3, 0.4) is 0 Å². The first-order valence-electron chi connectivity index (χ1n) is 8.44. The Hall–Kier alpha value is -2.53. The van der Waals surface area contributed by atoms with Crippen LogP contribution in [-0.4, -0.2) is 17.7 Å². The third-order valence-corrected chi connectivity index (χ3v) is 3.88. The van der Waals surface area contributed by atoms with Gasteiger partial charge in [0, 0.05) is 6.42 Å². The summed E-state index contributed by atoms with van der Waals surface area (Å²) < 4.78 is 11.6. The zero-order valence-electron chi connectivity index (χ0n) is 15.2. The van der Waals surface area contributed by atoms with Crippen molar-refractivity contribution in [3.05, 3.63) is 53.1 Å². The number of nitrogens with zero attached hydrogens (tertiary/aromatic N) is 1. The van der Waals surface area contributed by atoms with Crippen LogP contribution in [0.5, 0.6) is 11.5 Å². The molecule has 1 amide bonds. The lowest BCUT2D eigenvalue weighted by Crippen LogP contribution is -2.27. The molecule has 0 saturated carbocycles. The van der Waals surface area contributed by atoms with Crippen LogP contribution in [0.15, 0.2) is 36.4 Å². The molecule has 0 aliphatic heterocycles. The SMILES string of the molecule is CCOc1cccc(N(O)C(=O)CC)c1COc1ccc(C)cc1C. The van der Waals surface area contributed by atoms with Gasteiger partial charge in [0.1, 0.15) is 18.1 Å². The molecule has 0 aliphatic carbocycles. The number of carbonyl (C=O) groups is 1. The summed E-state index contributed by atoms with van der Waals surface area (Å²) in [6, 6.07) is 11.2. The third-order valence-electron chi connectivity index (χ3n) is 3.88. The number of carbonyl (C=O) groups excluding carboxylic acids is 1. The Labute approximate surface area is 148 Å². The Balaban J connectivity index is 2.34. The Bertz CT molecular complexity index is 742. The number of hydrogen-bond acceptors (Lipinski definition) is 4. The first-order valence-corrected chi connectivity index (χ1v) is 8.44. The molecule has 5 nitrogen and oxygen atoms in total. The van der Waals surface area contributed by atoms with Crippen molar-refractivity contribution < 1.29 is 19.5 Å². The third kappa shape index (κ3) is 4.51. The van der Waals surface area contributed by atoms with E-state index in [0.717, 1.165) is 16.9 Å². The summed E-state index contributed by atoms with van der Waals surface area (Å²) >= 11 is 0. The summed E-state index contributed by atoms with van der Waals surface area (Å²) in [6.07, 6.45) is 0.201. The van der Waals surface area contributed by atoms with Crippen molar-refractivity contribution >= 4 is 11.6 Å². The minimum absolute atomic E-state index is 0.184. The number of anilines is 1. The molecule has 0 heterocycles. The van der Waals surface area contributed by atoms with Crippen molar-refractivity contribution in [3.8, 4) is 11.5 Å². The van der Waals surface area contributed by atoms with Gasteiger partial charge in [-0.3, -0.25) is 10.0 Å². The van der Waals surface area contributed by atoms with Gasteiger partial charge in [0.05, 0.1) is 17.9 Å². The summed E-state index contributed by atoms with van der Waals surface area (Å²) in [7, 11) is 0. The van der Waals surface area contributed by atoms with E-state index in [9.17, 15) is 10.0 Å². The molecule has 25 heavy (non-hydrogen) atoms. The van der Waals surface area contributed by atoms with E-state index in [2.05, 4.69) is 0 Å². The second-order valence-electron chi connectivity index (χ2n) is 5.80. The van der Waals surface area contributed by atoms with Gasteiger partial charge in [0.25, 0.3) is 0 Å². The number of amides is 1. The molecule has 134 valence electrons. The molecule has 0 unspecified atom stereocenters. The molecule has 0 radical (unpaired) electrons. The van der Waals surface area contributed by atoms with E-state index in [1.807, 2.05) is 39.0 Å². The Kier molecular flexibility index (Phi) is 6.42. The second-order valence-corrected chi connectivity index (χ2v) is 5.80. The fourth-order valence-corrected chi connectivity index (χ4v) is 2.58. The Morgan fingerprint density at radius 2 is 1.84 bits per heavy atom. The summed E-state index contributed by atoms with van der Waals surface area (Å²) in [6.45, 7) is 8.26. The van der Waals surface area contributed by atoms with E-state index < -0.39 is 0 Å². The number of ether oxygens (including phenoxy) is 2. The van der Waals surface area contributed by atoms with Gasteiger partial charge in [0.2, 0.25) is 5.91 Å². The molecular weight excluding hydrogens is 318 g/mol. The zero-order chi connectivity index (χ0) is 18.4. The molecule has 0 fully saturated rings. The van der Waals surface area contributed by atoms with Gasteiger partial charge >= 0.3 is 0 Å². The number of aryl methyl sites for hydroxylation is 2. The monoisotopic (exact) mass is 343 g/mol. The average Bonchev–Trinajstić information content (AvgIpc) is 2.60. The summed E-state index contributed by atoms with van der Waals surface area (Å²) in [5, 5.41) is 10.9. The molecular formula is C20H25NO4. The van der Waals surface area contributed by atoms with Gasteiger partial charge in [-0.1, -0.05) is 30.7 Å². The van der Waals surface area contributed by atoms with Crippen molar-refractivity contribution in [2.24, 2.45) is 0 Å². The van der Waals surface area contributed by atoms with Gasteiger partial charge in [-0.05, 0) is 44.5 Å². The lowest BCUT2D eigenvalue weighted by Gasteiger charge is -2.21. The second kappa shape index (κ2) is 8.53. The molecule has 0 saturated heterocycles. The molecule has 0 aromatic heterocycles. The average molecular weight is 343 g/mol. The van der Waals surface area contributed by atoms with Crippen LogP contribution in [0.25, 0.3) is 0 Å². The van der Waals surface area contributed by atoms with Crippen molar-refractivity contribution in [2.75, 3.05) is 11.7 Å². The molecule has 5 heteroatoms. The number of benzene rings is 2. The first-order chi connectivity index (χ1) is 12.0. The highest BCUT2D eigenvalue weighted by molar-refractivity contribution is 5.91. The van der Waals surface area contributed by atoms with Crippen molar-refractivity contribution in [1.82, 2.24) is 0 Å². The minimum Gasteiger partial charge on any atom is -0.493 e. The highest BCUT2D eigenvalue weighted by atomic mass is 16.5. The predicted octanol–water partition coefficient (Wildman–Crippen LogP) is 4.41. The van der Waals surface area contributed by atoms with Gasteiger partial charge in [-0.2, -0.15) is 5.06 Å². The van der Waals surface area contributed by atoms with E-state index in [4.69, 9.17) is 9.47 Å². The van der Waals surface area contributed by atoms with Crippen molar-refractivity contribution in [1.29, 1.82) is 0 Å². The zero-order valence-corrected chi connectivity index (χ0v) is 15.2. The highest BCUT2D eigenvalue weighted by Gasteiger charge is 2.19.